The molecule has 1 aromatic carbocycles. The smallest absolute Gasteiger partial charge is 0.272 e. The maximum atomic E-state index is 13.5. The van der Waals surface area contributed by atoms with Crippen molar-refractivity contribution in [3.63, 3.8) is 0 Å². The monoisotopic (exact) mass is 248 g/mol. The second-order valence-electron chi connectivity index (χ2n) is 4.28. The molecule has 1 saturated heterocycles. The predicted molar refractivity (Wildman–Crippen MR) is 64.8 cm³/mol. The Morgan fingerprint density at radius 1 is 1.33 bits per heavy atom. The van der Waals surface area contributed by atoms with Gasteiger partial charge in [-0.2, -0.15) is 5.10 Å². The summed E-state index contributed by atoms with van der Waals surface area (Å²) in [7, 11) is 0. The number of aromatic nitrogens is 2. The maximum Gasteiger partial charge on any atom is 0.272 e. The minimum atomic E-state index is -0.414. The van der Waals surface area contributed by atoms with Crippen molar-refractivity contribution in [2.45, 2.75) is 0 Å². The molecule has 2 aromatic rings. The lowest BCUT2D eigenvalue weighted by Gasteiger charge is -2.26. The number of H-pyrrole nitrogens is 1. The number of hydrogen-bond donors (Lipinski definition) is 2. The summed E-state index contributed by atoms with van der Waals surface area (Å²) in [5.41, 5.74) is 0.586. The molecule has 1 aliphatic heterocycles. The molecule has 0 radical (unpaired) electrons. The number of fused-ring (bicyclic) bond motifs is 1. The van der Waals surface area contributed by atoms with Crippen molar-refractivity contribution in [3.8, 4) is 0 Å². The molecule has 0 bridgehead atoms. The van der Waals surface area contributed by atoms with Gasteiger partial charge in [0.1, 0.15) is 11.2 Å². The fourth-order valence-corrected chi connectivity index (χ4v) is 2.19. The van der Waals surface area contributed by atoms with E-state index in [2.05, 4.69) is 15.5 Å². The van der Waals surface area contributed by atoms with Crippen LogP contribution in [0.25, 0.3) is 10.9 Å². The number of carbonyl (C=O) groups is 1. The fourth-order valence-electron chi connectivity index (χ4n) is 2.19. The van der Waals surface area contributed by atoms with Crippen LogP contribution in [0.2, 0.25) is 0 Å². The van der Waals surface area contributed by atoms with Crippen LogP contribution in [0.1, 0.15) is 10.5 Å². The molecular weight excluding hydrogens is 235 g/mol. The number of para-hydroxylation sites is 1. The van der Waals surface area contributed by atoms with Crippen molar-refractivity contribution in [3.05, 3.63) is 29.7 Å². The van der Waals surface area contributed by atoms with E-state index in [4.69, 9.17) is 0 Å². The first-order chi connectivity index (χ1) is 8.77. The summed E-state index contributed by atoms with van der Waals surface area (Å²) >= 11 is 0. The highest BCUT2D eigenvalue weighted by Gasteiger charge is 2.22. The third-order valence-electron chi connectivity index (χ3n) is 3.15. The van der Waals surface area contributed by atoms with E-state index in [0.29, 0.717) is 24.2 Å². The van der Waals surface area contributed by atoms with Gasteiger partial charge >= 0.3 is 0 Å². The minimum Gasteiger partial charge on any atom is -0.335 e. The highest BCUT2D eigenvalue weighted by molar-refractivity contribution is 6.04. The zero-order chi connectivity index (χ0) is 12.5. The number of amides is 1. The first kappa shape index (κ1) is 11.2. The molecular formula is C12H13FN4O. The summed E-state index contributed by atoms with van der Waals surface area (Å²) in [6.07, 6.45) is 0. The quantitative estimate of drug-likeness (QED) is 0.782. The summed E-state index contributed by atoms with van der Waals surface area (Å²) in [6.45, 7) is 2.89. The average molecular weight is 248 g/mol. The van der Waals surface area contributed by atoms with Crippen molar-refractivity contribution in [2.24, 2.45) is 0 Å². The van der Waals surface area contributed by atoms with Gasteiger partial charge in [0.15, 0.2) is 5.82 Å². The predicted octanol–water partition coefficient (Wildman–Crippen LogP) is 0.747. The van der Waals surface area contributed by atoms with Crippen LogP contribution in [-0.4, -0.2) is 47.2 Å². The van der Waals surface area contributed by atoms with Gasteiger partial charge in [0.25, 0.3) is 5.91 Å². The van der Waals surface area contributed by atoms with E-state index in [1.165, 1.54) is 6.07 Å². The third kappa shape index (κ3) is 1.74. The second kappa shape index (κ2) is 4.38. The first-order valence-corrected chi connectivity index (χ1v) is 5.90. The number of aromatic amines is 1. The topological polar surface area (TPSA) is 61.0 Å². The van der Waals surface area contributed by atoms with Crippen molar-refractivity contribution in [1.82, 2.24) is 20.4 Å². The lowest BCUT2D eigenvalue weighted by molar-refractivity contribution is 0.0732. The summed E-state index contributed by atoms with van der Waals surface area (Å²) in [4.78, 5) is 14.0. The van der Waals surface area contributed by atoms with Crippen LogP contribution < -0.4 is 5.32 Å². The Bertz CT molecular complexity index is 589. The van der Waals surface area contributed by atoms with Crippen molar-refractivity contribution in [1.29, 1.82) is 0 Å². The first-order valence-electron chi connectivity index (χ1n) is 5.90. The van der Waals surface area contributed by atoms with Gasteiger partial charge in [0.2, 0.25) is 0 Å². The number of carbonyl (C=O) groups excluding carboxylic acids is 1. The van der Waals surface area contributed by atoms with Gasteiger partial charge in [-0.05, 0) is 6.07 Å². The zero-order valence-corrected chi connectivity index (χ0v) is 9.74. The number of hydrogen-bond acceptors (Lipinski definition) is 3. The Labute approximate surface area is 103 Å². The maximum absolute atomic E-state index is 13.5. The Kier molecular flexibility index (Phi) is 2.71. The lowest BCUT2D eigenvalue weighted by Crippen LogP contribution is -2.46. The molecule has 0 atom stereocenters. The Hall–Kier alpha value is -1.95. The largest absolute Gasteiger partial charge is 0.335 e. The fraction of sp³-hybridized carbons (Fsp3) is 0.333. The standard InChI is InChI=1S/C12H13FN4O/c13-9-3-1-2-8-10(9)15-16-11(8)12(18)17-6-4-14-5-7-17/h1-3,14H,4-7H2,(H,15,16). The van der Waals surface area contributed by atoms with Gasteiger partial charge in [-0.25, -0.2) is 4.39 Å². The van der Waals surface area contributed by atoms with Crippen molar-refractivity contribution >= 4 is 16.8 Å². The molecule has 2 N–H and O–H groups in total. The van der Waals surface area contributed by atoms with E-state index in [1.54, 1.807) is 17.0 Å². The van der Waals surface area contributed by atoms with Crippen LogP contribution in [0.3, 0.4) is 0 Å². The van der Waals surface area contributed by atoms with E-state index in [-0.39, 0.29) is 11.4 Å². The molecule has 0 saturated carbocycles. The SMILES string of the molecule is O=C(c1[nH]nc2c(F)cccc12)N1CCNCC1. The zero-order valence-electron chi connectivity index (χ0n) is 9.74. The van der Waals surface area contributed by atoms with Crippen molar-refractivity contribution in [2.75, 3.05) is 26.2 Å². The number of nitrogens with zero attached hydrogens (tertiary/aromatic N) is 2. The van der Waals surface area contributed by atoms with Crippen LogP contribution in [0.15, 0.2) is 18.2 Å². The van der Waals surface area contributed by atoms with Crippen LogP contribution in [0.5, 0.6) is 0 Å². The highest BCUT2D eigenvalue weighted by Crippen LogP contribution is 2.19. The van der Waals surface area contributed by atoms with Gasteiger partial charge < -0.3 is 10.2 Å². The van der Waals surface area contributed by atoms with E-state index >= 15 is 0 Å². The minimum absolute atomic E-state index is 0.121. The second-order valence-corrected chi connectivity index (χ2v) is 4.28. The molecule has 1 aromatic heterocycles. The van der Waals surface area contributed by atoms with Gasteiger partial charge in [0.05, 0.1) is 0 Å². The summed E-state index contributed by atoms with van der Waals surface area (Å²) in [6, 6.07) is 4.63. The molecule has 5 nitrogen and oxygen atoms in total. The Morgan fingerprint density at radius 3 is 2.89 bits per heavy atom. The number of rotatable bonds is 1. The molecule has 6 heteroatoms. The molecule has 2 heterocycles. The third-order valence-corrected chi connectivity index (χ3v) is 3.15. The van der Waals surface area contributed by atoms with Crippen LogP contribution in [0.4, 0.5) is 4.39 Å². The molecule has 94 valence electrons. The normalized spacial score (nSPS) is 16.2. The average Bonchev–Trinajstić information content (AvgIpc) is 2.84. The van der Waals surface area contributed by atoms with Crippen LogP contribution >= 0.6 is 0 Å². The summed E-state index contributed by atoms with van der Waals surface area (Å²) in [5, 5.41) is 10.2. The molecule has 3 rings (SSSR count). The summed E-state index contributed by atoms with van der Waals surface area (Å²) < 4.78 is 13.5. The number of nitrogens with one attached hydrogen (secondary N) is 2. The number of halogens is 1. The van der Waals surface area contributed by atoms with Crippen LogP contribution in [-0.2, 0) is 0 Å². The van der Waals surface area contributed by atoms with Crippen LogP contribution in [0, 0.1) is 5.82 Å². The molecule has 0 spiro atoms. The van der Waals surface area contributed by atoms with E-state index < -0.39 is 5.82 Å². The number of benzene rings is 1. The molecule has 1 amide bonds. The summed E-state index contributed by atoms with van der Waals surface area (Å²) in [5.74, 6) is -0.535. The van der Waals surface area contributed by atoms with Crippen molar-refractivity contribution < 1.29 is 9.18 Å². The van der Waals surface area contributed by atoms with E-state index in [1.807, 2.05) is 0 Å². The molecule has 0 unspecified atom stereocenters. The van der Waals surface area contributed by atoms with Gasteiger partial charge in [-0.15, -0.1) is 0 Å². The van der Waals surface area contributed by atoms with Gasteiger partial charge in [-0.1, -0.05) is 12.1 Å². The molecule has 1 aliphatic rings. The molecule has 0 aliphatic carbocycles. The Morgan fingerprint density at radius 2 is 2.11 bits per heavy atom. The number of piperazine rings is 1. The molecule has 18 heavy (non-hydrogen) atoms. The van der Waals surface area contributed by atoms with E-state index in [9.17, 15) is 9.18 Å². The lowest BCUT2D eigenvalue weighted by atomic mass is 10.2. The van der Waals surface area contributed by atoms with E-state index in [0.717, 1.165) is 13.1 Å². The van der Waals surface area contributed by atoms with Gasteiger partial charge in [-0.3, -0.25) is 9.89 Å². The molecule has 1 fully saturated rings. The Balaban J connectivity index is 1.98. The highest BCUT2D eigenvalue weighted by atomic mass is 19.1. The van der Waals surface area contributed by atoms with Gasteiger partial charge in [0, 0.05) is 31.6 Å².